The van der Waals surface area contributed by atoms with Crippen LogP contribution in [-0.4, -0.2) is 14.7 Å². The Bertz CT molecular complexity index is 966. The van der Waals surface area contributed by atoms with Crippen molar-refractivity contribution >= 4 is 19.7 Å². The van der Waals surface area contributed by atoms with Gasteiger partial charge in [-0.2, -0.15) is 0 Å². The molecule has 0 aliphatic heterocycles. The van der Waals surface area contributed by atoms with E-state index in [4.69, 9.17) is 5.73 Å². The van der Waals surface area contributed by atoms with Crippen LogP contribution in [0.15, 0.2) is 78.9 Å². The van der Waals surface area contributed by atoms with Crippen molar-refractivity contribution in [1.29, 1.82) is 0 Å². The second-order valence-corrected chi connectivity index (χ2v) is 8.92. The predicted octanol–water partition coefficient (Wildman–Crippen LogP) is 7.15. The predicted molar refractivity (Wildman–Crippen MR) is 127 cm³/mol. The normalized spacial score (nSPS) is 12.5. The van der Waals surface area contributed by atoms with Crippen molar-refractivity contribution in [3.8, 4) is 0 Å². The van der Waals surface area contributed by atoms with Crippen LogP contribution < -0.4 is 0 Å². The first kappa shape index (κ1) is 27.5. The Kier molecular flexibility index (Phi) is 12.2. The number of hydrogen-bond acceptors (Lipinski definition) is 2. The molecular weight excluding hydrogens is 517 g/mol. The molecule has 0 bridgehead atoms. The van der Waals surface area contributed by atoms with Gasteiger partial charge in [0.2, 0.25) is 0 Å². The van der Waals surface area contributed by atoms with E-state index >= 15 is 0 Å². The first-order valence-corrected chi connectivity index (χ1v) is 13.7. The summed E-state index contributed by atoms with van der Waals surface area (Å²) in [6, 6.07) is 23.3. The Labute approximate surface area is 201 Å². The molecule has 0 fully saturated rings. The summed E-state index contributed by atoms with van der Waals surface area (Å²) in [6.45, 7) is 6.38. The summed E-state index contributed by atoms with van der Waals surface area (Å²) in [5.74, 6) is 0. The summed E-state index contributed by atoms with van der Waals surface area (Å²) in [6.07, 6.45) is 1.06. The van der Waals surface area contributed by atoms with Crippen molar-refractivity contribution in [2.45, 2.75) is 32.9 Å². The molecule has 4 nitrogen and oxygen atoms in total. The van der Waals surface area contributed by atoms with Crippen molar-refractivity contribution in [2.75, 3.05) is 6.26 Å². The number of benzene rings is 3. The molecule has 167 valence electrons. The minimum absolute atomic E-state index is 0.724. The van der Waals surface area contributed by atoms with Gasteiger partial charge in [-0.1, -0.05) is 107 Å². The average molecular weight is 545 g/mol. The van der Waals surface area contributed by atoms with E-state index in [1.165, 1.54) is 16.7 Å². The molecule has 7 heteroatoms. The third kappa shape index (κ3) is 10.5. The molecule has 0 aliphatic carbocycles. The summed E-state index contributed by atoms with van der Waals surface area (Å²) < 4.78 is 26.8. The maximum absolute atomic E-state index is 11.5. The molecule has 3 rings (SSSR count). The van der Waals surface area contributed by atoms with Gasteiger partial charge in [0, 0.05) is 6.26 Å². The molecule has 0 aliphatic rings. The summed E-state index contributed by atoms with van der Waals surface area (Å²) in [5.41, 5.74) is 13.9. The second-order valence-electron chi connectivity index (χ2n) is 7.25. The molecule has 3 aromatic rings. The number of aryl methyl sites for hydroxylation is 3. The van der Waals surface area contributed by atoms with Crippen LogP contribution in [-0.2, 0) is 27.3 Å². The quantitative estimate of drug-likeness (QED) is 0.320. The van der Waals surface area contributed by atoms with E-state index < -0.39 is 22.1 Å². The van der Waals surface area contributed by atoms with Gasteiger partial charge in [0.1, 0.15) is 0 Å². The number of hydrogen-bond donors (Lipinski definition) is 0. The van der Waals surface area contributed by atoms with Crippen LogP contribution in [0.3, 0.4) is 0 Å². The summed E-state index contributed by atoms with van der Waals surface area (Å²) in [5, 5.41) is 0. The molecule has 0 spiro atoms. The van der Waals surface area contributed by atoms with Gasteiger partial charge in [0.05, 0.1) is 10.0 Å². The second kappa shape index (κ2) is 13.8. The van der Waals surface area contributed by atoms with Crippen LogP contribution in [0.1, 0.15) is 39.9 Å². The average Bonchev–Trinajstić information content (AvgIpc) is 2.73. The summed E-state index contributed by atoms with van der Waals surface area (Å²) in [7, 11) is 1.05. The molecule has 31 heavy (non-hydrogen) atoms. The van der Waals surface area contributed by atoms with Gasteiger partial charge in [-0.25, -0.2) is 8.42 Å². The summed E-state index contributed by atoms with van der Waals surface area (Å²) in [4.78, 5) is 0. The molecule has 0 heterocycles. The van der Waals surface area contributed by atoms with Crippen molar-refractivity contribution in [3.63, 3.8) is 0 Å². The molecule has 2 unspecified atom stereocenters. The van der Waals surface area contributed by atoms with E-state index in [1.54, 1.807) is 12.1 Å². The Morgan fingerprint density at radius 1 is 0.774 bits per heavy atom. The van der Waals surface area contributed by atoms with Gasteiger partial charge < -0.3 is 10.5 Å². The van der Waals surface area contributed by atoms with Crippen molar-refractivity contribution in [2.24, 2.45) is 0 Å². The van der Waals surface area contributed by atoms with Gasteiger partial charge in [-0.3, -0.25) is 0 Å². The fourth-order valence-electron chi connectivity index (χ4n) is 3.22. The van der Waals surface area contributed by atoms with E-state index in [2.05, 4.69) is 53.4 Å². The van der Waals surface area contributed by atoms with Gasteiger partial charge in [-0.15, -0.1) is 12.1 Å². The Morgan fingerprint density at radius 2 is 1.13 bits per heavy atom. The van der Waals surface area contributed by atoms with Crippen molar-refractivity contribution in [1.82, 2.24) is 0 Å². The molecule has 0 saturated carbocycles. The van der Waals surface area contributed by atoms with E-state index in [9.17, 15) is 8.42 Å². The van der Waals surface area contributed by atoms with Crippen LogP contribution in [0.5, 0.6) is 0 Å². The van der Waals surface area contributed by atoms with Gasteiger partial charge in [0.25, 0.3) is 0 Å². The monoisotopic (exact) mass is 545 g/mol. The van der Waals surface area contributed by atoms with E-state index in [0.29, 0.717) is 0 Å². The Balaban J connectivity index is 0.000000365. The topological polar surface area (TPSA) is 72.0 Å². The standard InChI is InChI=1S/C15H16N2O2S.C9H12.ClH.Ru/c1-20(18,19)17-15(13-10-6-3-7-11-13)14(16)12-8-4-2-5-9-12;1-7-4-8(2)6-9(3)5-7;;/h2-11,14-16H,1H3;4-6H,1-3H3;1H;/q-2;;;+3/p-1. The Hall–Kier alpha value is -1.56. The fraction of sp³-hybridized carbons (Fsp3) is 0.250. The number of halogens is 1. The first-order valence-electron chi connectivity index (χ1n) is 9.57. The molecule has 3 aromatic carbocycles. The number of nitrogens with zero attached hydrogens (tertiary/aromatic N) is 1. The zero-order chi connectivity index (χ0) is 23.4. The van der Waals surface area contributed by atoms with Gasteiger partial charge >= 0.3 is 27.0 Å². The van der Waals surface area contributed by atoms with Crippen LogP contribution in [0, 0.1) is 20.8 Å². The minimum atomic E-state index is -3.52. The number of nitrogens with one attached hydrogen (secondary N) is 1. The molecule has 0 amide bonds. The third-order valence-electron chi connectivity index (χ3n) is 4.29. The van der Waals surface area contributed by atoms with E-state index in [0.717, 1.165) is 17.4 Å². The molecule has 2 atom stereocenters. The van der Waals surface area contributed by atoms with Crippen LogP contribution in [0.25, 0.3) is 10.5 Å². The van der Waals surface area contributed by atoms with Crippen LogP contribution >= 0.6 is 9.69 Å². The van der Waals surface area contributed by atoms with Gasteiger partial charge in [0.15, 0.2) is 0 Å². The fourth-order valence-corrected chi connectivity index (χ4v) is 3.87. The van der Waals surface area contributed by atoms with E-state index in [1.807, 2.05) is 65.8 Å². The molecule has 0 aromatic heterocycles. The number of rotatable bonds is 5. The third-order valence-corrected chi connectivity index (χ3v) is 4.90. The summed E-state index contributed by atoms with van der Waals surface area (Å²) >= 11 is 1.82. The molecule has 0 saturated heterocycles. The molecule has 0 radical (unpaired) electrons. The zero-order valence-electron chi connectivity index (χ0n) is 18.1. The first-order chi connectivity index (χ1) is 14.7. The van der Waals surface area contributed by atoms with E-state index in [-0.39, 0.29) is 0 Å². The van der Waals surface area contributed by atoms with Gasteiger partial charge in [-0.05, 0) is 20.8 Å². The molecule has 1 N–H and O–H groups in total. The number of sulfonamides is 1. The van der Waals surface area contributed by atoms with Crippen LogP contribution in [0.4, 0.5) is 0 Å². The SMILES string of the molecule is CS(=O)(=O)[N-]C(c1ccccc1)C([NH-])c1ccccc1.Cc1cc(C)cc(C)c1.[Cl][Ru+2]. The van der Waals surface area contributed by atoms with Crippen LogP contribution in [0.2, 0.25) is 0 Å². The zero-order valence-corrected chi connectivity index (χ0v) is 21.4. The Morgan fingerprint density at radius 3 is 1.48 bits per heavy atom. The van der Waals surface area contributed by atoms with Crippen molar-refractivity contribution in [3.05, 3.63) is 117 Å². The molecular formula is C24H28ClN2O2RuS. The van der Waals surface area contributed by atoms with Crippen molar-refractivity contribution < 1.29 is 25.7 Å². The maximum atomic E-state index is 11.5.